The van der Waals surface area contributed by atoms with Crippen LogP contribution < -0.4 is 0 Å². The van der Waals surface area contributed by atoms with Crippen LogP contribution in [0, 0.1) is 0 Å². The maximum Gasteiger partial charge on any atom is 0.0852 e. The van der Waals surface area contributed by atoms with Gasteiger partial charge in [-0.25, -0.2) is 7.57 Å². The van der Waals surface area contributed by atoms with Crippen molar-refractivity contribution in [1.29, 1.82) is 0 Å². The molecule has 0 spiro atoms. The van der Waals surface area contributed by atoms with Crippen molar-refractivity contribution in [2.75, 3.05) is 13.2 Å². The molecule has 0 aliphatic rings. The molecule has 0 atom stereocenters. The van der Waals surface area contributed by atoms with Crippen LogP contribution in [0.15, 0.2) is 36.1 Å². The summed E-state index contributed by atoms with van der Waals surface area (Å²) >= 11 is 0. The van der Waals surface area contributed by atoms with Gasteiger partial charge in [-0.3, -0.25) is 9.05 Å². The highest BCUT2D eigenvalue weighted by Crippen LogP contribution is 2.58. The molecule has 0 saturated heterocycles. The van der Waals surface area contributed by atoms with Crippen molar-refractivity contribution in [2.45, 2.75) is 13.8 Å². The molecule has 0 fully saturated rings. The van der Waals surface area contributed by atoms with E-state index >= 15 is 0 Å². The lowest BCUT2D eigenvalue weighted by Crippen LogP contribution is -2.00. The molecule has 0 unspecified atom stereocenters. The molecule has 0 bridgehead atoms. The molecule has 2 nitrogen and oxygen atoms in total. The van der Waals surface area contributed by atoms with E-state index in [1.807, 2.05) is 56.1 Å². The first-order chi connectivity index (χ1) is 7.70. The lowest BCUT2D eigenvalue weighted by Gasteiger charge is -2.28. The van der Waals surface area contributed by atoms with Gasteiger partial charge in [0.05, 0.1) is 19.0 Å². The molecule has 0 aromatic heterocycles. The van der Waals surface area contributed by atoms with Crippen LogP contribution in [0.2, 0.25) is 0 Å². The second-order valence-electron chi connectivity index (χ2n) is 3.21. The third-order valence-electron chi connectivity index (χ3n) is 1.94. The van der Waals surface area contributed by atoms with Gasteiger partial charge < -0.3 is 0 Å². The normalized spacial score (nSPS) is 12.2. The molecular weight excluding hydrogens is 218 g/mol. The molecule has 0 heterocycles. The summed E-state index contributed by atoms with van der Waals surface area (Å²) in [7, 11) is 3.73. The number of hydrogen-bond acceptors (Lipinski definition) is 2. The first-order valence-corrected chi connectivity index (χ1v) is 7.17. The molecule has 16 heavy (non-hydrogen) atoms. The largest absolute Gasteiger partial charge is 0.260 e. The summed E-state index contributed by atoms with van der Waals surface area (Å²) < 4.78 is 10.9. The molecule has 0 aliphatic carbocycles. The number of hydrogen-bond donors (Lipinski definition) is 0. The van der Waals surface area contributed by atoms with Crippen molar-refractivity contribution < 1.29 is 9.05 Å². The quantitative estimate of drug-likeness (QED) is 0.553. The average molecular weight is 235 g/mol. The summed E-state index contributed by atoms with van der Waals surface area (Å²) in [5.41, 5.74) is 1.09. The van der Waals surface area contributed by atoms with E-state index in [1.54, 1.807) is 0 Å². The van der Waals surface area contributed by atoms with Crippen molar-refractivity contribution in [3.05, 3.63) is 41.7 Å². The Bertz CT molecular complexity index is 321. The highest BCUT2D eigenvalue weighted by molar-refractivity contribution is 7.92. The van der Waals surface area contributed by atoms with Crippen molar-refractivity contribution >= 4 is 21.2 Å². The third kappa shape index (κ3) is 4.48. The Hall–Kier alpha value is -0.625. The molecule has 1 rings (SSSR count). The maximum atomic E-state index is 6.05. The molecule has 4 heteroatoms. The van der Waals surface area contributed by atoms with Crippen molar-refractivity contribution in [1.82, 2.24) is 0 Å². The minimum absolute atomic E-state index is 0.559. The van der Waals surface area contributed by atoms with E-state index in [2.05, 4.69) is 0 Å². The van der Waals surface area contributed by atoms with Crippen LogP contribution in [0.1, 0.15) is 19.4 Å². The Labute approximate surface area is 99.5 Å². The summed E-state index contributed by atoms with van der Waals surface area (Å²) in [4.78, 5) is 0. The Morgan fingerprint density at radius 2 is 1.69 bits per heavy atom. The second-order valence-corrected chi connectivity index (χ2v) is 5.31. The van der Waals surface area contributed by atoms with Crippen molar-refractivity contribution in [2.24, 2.45) is 0 Å². The van der Waals surface area contributed by atoms with Crippen LogP contribution in [0.3, 0.4) is 0 Å². The van der Waals surface area contributed by atoms with E-state index in [0.717, 1.165) is 5.56 Å². The maximum absolute atomic E-state index is 6.05. The Balaban J connectivity index is 2.71. The Morgan fingerprint density at radius 3 is 2.19 bits per heavy atom. The van der Waals surface area contributed by atoms with Gasteiger partial charge >= 0.3 is 0 Å². The lowest BCUT2D eigenvalue weighted by molar-refractivity contribution is 0.270. The van der Waals surface area contributed by atoms with E-state index in [9.17, 15) is 0 Å². The van der Waals surface area contributed by atoms with Crippen LogP contribution in [-0.2, 0) is 9.05 Å². The number of rotatable bonds is 6. The average Bonchev–Trinajstić information content (AvgIpc) is 2.29. The SMILES string of the molecule is [B-][P+](/C=C\c1ccccc1)(OCC)OCC. The molecule has 1 aromatic carbocycles. The molecule has 85 valence electrons. The fourth-order valence-electron chi connectivity index (χ4n) is 1.28. The minimum atomic E-state index is -2.32. The Morgan fingerprint density at radius 1 is 1.12 bits per heavy atom. The monoisotopic (exact) mass is 235 g/mol. The van der Waals surface area contributed by atoms with Crippen LogP contribution in [0.5, 0.6) is 0 Å². The summed E-state index contributed by atoms with van der Waals surface area (Å²) in [6, 6.07) is 9.97. The molecule has 0 amide bonds. The van der Waals surface area contributed by atoms with E-state index in [0.29, 0.717) is 13.2 Å². The van der Waals surface area contributed by atoms with E-state index in [1.165, 1.54) is 0 Å². The highest BCUT2D eigenvalue weighted by Gasteiger charge is 2.15. The second kappa shape index (κ2) is 6.85. The van der Waals surface area contributed by atoms with Crippen LogP contribution >= 0.6 is 7.59 Å². The van der Waals surface area contributed by atoms with Crippen LogP contribution in [0.4, 0.5) is 0 Å². The molecule has 1 aromatic rings. The first-order valence-electron chi connectivity index (χ1n) is 5.41. The lowest BCUT2D eigenvalue weighted by atomic mass is 10.2. The zero-order valence-corrected chi connectivity index (χ0v) is 10.7. The van der Waals surface area contributed by atoms with Gasteiger partial charge in [-0.05, 0) is 25.5 Å². The third-order valence-corrected chi connectivity index (χ3v) is 3.82. The molecule has 3 radical (unpaired) electrons. The smallest absolute Gasteiger partial charge is 0.0852 e. The predicted molar refractivity (Wildman–Crippen MR) is 71.4 cm³/mol. The van der Waals surface area contributed by atoms with Gasteiger partial charge in [-0.2, -0.15) is 0 Å². The fraction of sp³-hybridized carbons (Fsp3) is 0.333. The standard InChI is InChI=1S/C12H17BO2P/c1-3-14-16(13,15-4-2)11-10-12-8-6-5-7-9-12/h5-11H,3-4H2,1-2H3/b11-10-. The topological polar surface area (TPSA) is 18.5 Å². The van der Waals surface area contributed by atoms with Gasteiger partial charge in [0, 0.05) is 7.59 Å². The number of benzene rings is 1. The van der Waals surface area contributed by atoms with Gasteiger partial charge in [-0.1, -0.05) is 30.3 Å². The van der Waals surface area contributed by atoms with E-state index < -0.39 is 7.59 Å². The molecule has 0 saturated carbocycles. The molecule has 0 aliphatic heterocycles. The van der Waals surface area contributed by atoms with Gasteiger partial charge in [0.2, 0.25) is 0 Å². The van der Waals surface area contributed by atoms with Gasteiger partial charge in [0.15, 0.2) is 0 Å². The first kappa shape index (κ1) is 13.4. The summed E-state index contributed by atoms with van der Waals surface area (Å²) in [5, 5.41) is 0. The van der Waals surface area contributed by atoms with Crippen molar-refractivity contribution in [3.8, 4) is 0 Å². The summed E-state index contributed by atoms with van der Waals surface area (Å²) in [6.45, 7) is 4.95. The van der Waals surface area contributed by atoms with Crippen LogP contribution in [0.25, 0.3) is 6.08 Å². The Kier molecular flexibility index (Phi) is 5.75. The zero-order chi connectivity index (χ0) is 11.9. The highest BCUT2D eigenvalue weighted by atomic mass is 31.2. The summed E-state index contributed by atoms with van der Waals surface area (Å²) in [5.74, 6) is 1.84. The van der Waals surface area contributed by atoms with Gasteiger partial charge in [0.25, 0.3) is 0 Å². The predicted octanol–water partition coefficient (Wildman–Crippen LogP) is 3.66. The van der Waals surface area contributed by atoms with Gasteiger partial charge in [0.1, 0.15) is 0 Å². The van der Waals surface area contributed by atoms with Crippen molar-refractivity contribution in [3.63, 3.8) is 0 Å². The van der Waals surface area contributed by atoms with E-state index in [4.69, 9.17) is 16.6 Å². The zero-order valence-electron chi connectivity index (χ0n) is 9.80. The van der Waals surface area contributed by atoms with Gasteiger partial charge in [-0.15, -0.1) is 0 Å². The van der Waals surface area contributed by atoms with E-state index in [-0.39, 0.29) is 0 Å². The summed E-state index contributed by atoms with van der Waals surface area (Å²) in [6.07, 6.45) is 1.94. The minimum Gasteiger partial charge on any atom is -0.260 e. The van der Waals surface area contributed by atoms with Crippen LogP contribution in [-0.4, -0.2) is 20.8 Å². The fourth-order valence-corrected chi connectivity index (χ4v) is 2.71. The molecular formula is C12H17BO2P. The molecule has 0 N–H and O–H groups in total.